The van der Waals surface area contributed by atoms with Crippen LogP contribution in [0.3, 0.4) is 0 Å². The summed E-state index contributed by atoms with van der Waals surface area (Å²) in [6.07, 6.45) is -4.95. The first-order chi connectivity index (χ1) is 18.1. The molecule has 38 heavy (non-hydrogen) atoms. The number of aliphatic hydroxyl groups excluding tert-OH is 1. The molecule has 1 atom stereocenters. The summed E-state index contributed by atoms with van der Waals surface area (Å²) in [7, 11) is 1.45. The fraction of sp³-hybridized carbons (Fsp3) is 0.143. The number of carbonyl (C=O) groups excluding carboxylic acids is 2. The van der Waals surface area contributed by atoms with Crippen molar-refractivity contribution in [2.75, 3.05) is 12.0 Å². The summed E-state index contributed by atoms with van der Waals surface area (Å²) in [6, 6.07) is 17.0. The monoisotopic (exact) mass is 523 g/mol. The van der Waals surface area contributed by atoms with Crippen LogP contribution in [0.5, 0.6) is 11.5 Å². The number of anilines is 1. The molecule has 2 heterocycles. The number of fused-ring (bicyclic) bond motifs is 1. The molecule has 10 heteroatoms. The van der Waals surface area contributed by atoms with Crippen LogP contribution in [-0.2, 0) is 4.79 Å². The molecule has 0 spiro atoms. The third-order valence-corrected chi connectivity index (χ3v) is 6.09. The number of carbonyl (C=O) groups is 2. The van der Waals surface area contributed by atoms with E-state index >= 15 is 0 Å². The third-order valence-electron chi connectivity index (χ3n) is 6.09. The zero-order valence-electron chi connectivity index (χ0n) is 20.1. The second-order valence-corrected chi connectivity index (χ2v) is 8.62. The molecule has 4 aromatic rings. The molecule has 1 amide bonds. The lowest BCUT2D eigenvalue weighted by molar-refractivity contribution is -0.274. The minimum atomic E-state index is -4.95. The van der Waals surface area contributed by atoms with E-state index in [2.05, 4.69) is 4.74 Å². The minimum absolute atomic E-state index is 0.0103. The molecule has 1 aliphatic heterocycles. The van der Waals surface area contributed by atoms with Crippen molar-refractivity contribution < 1.29 is 41.8 Å². The number of hydrogen-bond acceptors (Lipinski definition) is 6. The zero-order chi connectivity index (χ0) is 27.2. The van der Waals surface area contributed by atoms with E-state index in [0.717, 1.165) is 22.6 Å². The first-order valence-corrected chi connectivity index (χ1v) is 11.4. The normalized spacial score (nSPS) is 15.9. The Morgan fingerprint density at radius 3 is 2.47 bits per heavy atom. The van der Waals surface area contributed by atoms with E-state index in [4.69, 9.17) is 9.15 Å². The summed E-state index contributed by atoms with van der Waals surface area (Å²) < 4.78 is 53.7. The number of ketones is 1. The van der Waals surface area contributed by atoms with Gasteiger partial charge >= 0.3 is 6.36 Å². The molecule has 0 radical (unpaired) electrons. The van der Waals surface area contributed by atoms with E-state index in [-0.39, 0.29) is 17.0 Å². The van der Waals surface area contributed by atoms with E-state index in [1.165, 1.54) is 25.3 Å². The van der Waals surface area contributed by atoms with Crippen molar-refractivity contribution in [1.82, 2.24) is 0 Å². The van der Waals surface area contributed by atoms with Gasteiger partial charge in [-0.05, 0) is 36.8 Å². The first-order valence-electron chi connectivity index (χ1n) is 11.4. The highest BCUT2D eigenvalue weighted by Gasteiger charge is 2.45. The lowest BCUT2D eigenvalue weighted by Crippen LogP contribution is -2.31. The Labute approximate surface area is 214 Å². The lowest BCUT2D eigenvalue weighted by Gasteiger charge is -2.27. The number of hydrogen-bond donors (Lipinski definition) is 1. The van der Waals surface area contributed by atoms with Gasteiger partial charge in [0.2, 0.25) is 5.78 Å². The number of alkyl halides is 3. The van der Waals surface area contributed by atoms with Crippen LogP contribution in [0.1, 0.15) is 27.7 Å². The fourth-order valence-electron chi connectivity index (χ4n) is 4.53. The molecule has 1 N–H and O–H groups in total. The predicted molar refractivity (Wildman–Crippen MR) is 131 cm³/mol. The van der Waals surface area contributed by atoms with E-state index in [1.807, 2.05) is 0 Å². The molecule has 1 unspecified atom stereocenters. The Hall–Kier alpha value is -4.73. The maximum absolute atomic E-state index is 13.8. The smallest absolute Gasteiger partial charge is 0.503 e. The van der Waals surface area contributed by atoms with Crippen molar-refractivity contribution in [2.45, 2.75) is 19.3 Å². The van der Waals surface area contributed by atoms with Gasteiger partial charge in [-0.2, -0.15) is 0 Å². The SMILES string of the molecule is COc1cccc2cc(C(=O)C3=C(O)C(=O)N(c4cccc(OC(F)(F)F)c4)C3c3cccc(C)c3)oc12. The van der Waals surface area contributed by atoms with Gasteiger partial charge in [0.05, 0.1) is 18.7 Å². The quantitative estimate of drug-likeness (QED) is 0.293. The lowest BCUT2D eigenvalue weighted by atomic mass is 9.94. The van der Waals surface area contributed by atoms with Crippen LogP contribution in [-0.4, -0.2) is 30.3 Å². The van der Waals surface area contributed by atoms with Crippen molar-refractivity contribution in [3.8, 4) is 11.5 Å². The van der Waals surface area contributed by atoms with Crippen LogP contribution >= 0.6 is 0 Å². The van der Waals surface area contributed by atoms with Gasteiger partial charge in [-0.25, -0.2) is 0 Å². The largest absolute Gasteiger partial charge is 0.573 e. The van der Waals surface area contributed by atoms with E-state index in [1.54, 1.807) is 49.4 Å². The maximum atomic E-state index is 13.8. The van der Waals surface area contributed by atoms with Crippen molar-refractivity contribution >= 4 is 28.3 Å². The first kappa shape index (κ1) is 24.9. The predicted octanol–water partition coefficient (Wildman–Crippen LogP) is 6.43. The number of benzene rings is 3. The average Bonchev–Trinajstić information content (AvgIpc) is 3.42. The van der Waals surface area contributed by atoms with Gasteiger partial charge in [0, 0.05) is 17.1 Å². The number of halogens is 3. The fourth-order valence-corrected chi connectivity index (χ4v) is 4.53. The number of rotatable bonds is 6. The highest BCUT2D eigenvalue weighted by Crippen LogP contribution is 2.43. The molecule has 0 saturated heterocycles. The number of aryl methyl sites for hydroxylation is 1. The Kier molecular flexibility index (Phi) is 6.10. The molecule has 3 aromatic carbocycles. The molecule has 1 aromatic heterocycles. The zero-order valence-corrected chi connectivity index (χ0v) is 20.1. The van der Waals surface area contributed by atoms with Crippen LogP contribution in [0.2, 0.25) is 0 Å². The summed E-state index contributed by atoms with van der Waals surface area (Å²) in [5.74, 6) is -2.87. The number of para-hydroxylation sites is 1. The molecule has 0 bridgehead atoms. The summed E-state index contributed by atoms with van der Waals surface area (Å²) in [5, 5.41) is 11.5. The Morgan fingerprint density at radius 2 is 1.76 bits per heavy atom. The summed E-state index contributed by atoms with van der Waals surface area (Å²) in [5.41, 5.74) is 1.28. The number of aliphatic hydroxyl groups is 1. The molecule has 194 valence electrons. The summed E-state index contributed by atoms with van der Waals surface area (Å²) in [4.78, 5) is 28.2. The number of ether oxygens (including phenoxy) is 2. The minimum Gasteiger partial charge on any atom is -0.503 e. The van der Waals surface area contributed by atoms with Crippen molar-refractivity contribution in [2.24, 2.45) is 0 Å². The number of methoxy groups -OCH3 is 1. The maximum Gasteiger partial charge on any atom is 0.573 e. The van der Waals surface area contributed by atoms with Gasteiger partial charge in [0.15, 0.2) is 22.9 Å². The Morgan fingerprint density at radius 1 is 1.03 bits per heavy atom. The van der Waals surface area contributed by atoms with Gasteiger partial charge in [0.25, 0.3) is 5.91 Å². The third kappa shape index (κ3) is 4.45. The topological polar surface area (TPSA) is 89.2 Å². The highest BCUT2D eigenvalue weighted by atomic mass is 19.4. The average molecular weight is 523 g/mol. The van der Waals surface area contributed by atoms with Crippen molar-refractivity contribution in [3.63, 3.8) is 0 Å². The molecule has 7 nitrogen and oxygen atoms in total. The highest BCUT2D eigenvalue weighted by molar-refractivity contribution is 6.20. The van der Waals surface area contributed by atoms with Crippen molar-refractivity contribution in [1.29, 1.82) is 0 Å². The van der Waals surface area contributed by atoms with Gasteiger partial charge in [-0.15, -0.1) is 13.2 Å². The molecule has 5 rings (SSSR count). The summed E-state index contributed by atoms with van der Waals surface area (Å²) >= 11 is 0. The van der Waals surface area contributed by atoms with E-state index in [0.29, 0.717) is 22.3 Å². The number of Topliss-reactive ketones (excluding diaryl/α,β-unsaturated/α-hetero) is 1. The van der Waals surface area contributed by atoms with Gasteiger partial charge in [0.1, 0.15) is 5.75 Å². The second kappa shape index (κ2) is 9.29. The molecule has 0 aliphatic carbocycles. The van der Waals surface area contributed by atoms with Gasteiger partial charge < -0.3 is 19.0 Å². The molecular formula is C28H20F3NO6. The Balaban J connectivity index is 1.64. The van der Waals surface area contributed by atoms with Crippen molar-refractivity contribution in [3.05, 3.63) is 101 Å². The van der Waals surface area contributed by atoms with Crippen LogP contribution in [0, 0.1) is 6.92 Å². The van der Waals surface area contributed by atoms with Crippen LogP contribution in [0.4, 0.5) is 18.9 Å². The Bertz CT molecular complexity index is 1600. The van der Waals surface area contributed by atoms with E-state index < -0.39 is 35.6 Å². The van der Waals surface area contributed by atoms with Gasteiger partial charge in [-0.1, -0.05) is 48.0 Å². The van der Waals surface area contributed by atoms with Gasteiger partial charge in [-0.3, -0.25) is 14.5 Å². The number of nitrogens with zero attached hydrogens (tertiary/aromatic N) is 1. The van der Waals surface area contributed by atoms with Crippen LogP contribution < -0.4 is 14.4 Å². The van der Waals surface area contributed by atoms with E-state index in [9.17, 15) is 27.9 Å². The van der Waals surface area contributed by atoms with Crippen LogP contribution in [0.15, 0.2) is 88.5 Å². The number of amides is 1. The second-order valence-electron chi connectivity index (χ2n) is 8.62. The summed E-state index contributed by atoms with van der Waals surface area (Å²) in [6.45, 7) is 1.80. The number of furan rings is 1. The standard InChI is InChI=1S/C28H20F3NO6/c1-15-6-3-7-16(12-15)23-22(24(33)21-13-17-8-4-11-20(36-2)26(17)37-21)25(34)27(35)32(23)18-9-5-10-19(14-18)38-28(29,30)31/h3-14,23,34H,1-2H3. The molecule has 1 aliphatic rings. The molecule has 0 fully saturated rings. The molecule has 0 saturated carbocycles. The molecular weight excluding hydrogens is 503 g/mol. The van der Waals surface area contributed by atoms with Crippen LogP contribution in [0.25, 0.3) is 11.0 Å².